The fourth-order valence-electron chi connectivity index (χ4n) is 4.25. The number of ketones is 1. The molecule has 1 aliphatic carbocycles. The maximum Gasteiger partial charge on any atom is 0.170 e. The summed E-state index contributed by atoms with van der Waals surface area (Å²) in [6.07, 6.45) is 4.85. The van der Waals surface area contributed by atoms with Crippen LogP contribution in [0.1, 0.15) is 98.2 Å². The largest absolute Gasteiger partial charge is 0.293 e. The third-order valence-electron chi connectivity index (χ3n) is 5.91. The van der Waals surface area contributed by atoms with Gasteiger partial charge in [0, 0.05) is 5.56 Å². The van der Waals surface area contributed by atoms with E-state index in [2.05, 4.69) is 70.2 Å². The van der Waals surface area contributed by atoms with E-state index in [0.717, 1.165) is 5.56 Å². The van der Waals surface area contributed by atoms with Gasteiger partial charge < -0.3 is 0 Å². The lowest BCUT2D eigenvalue weighted by atomic mass is 9.78. The van der Waals surface area contributed by atoms with Crippen molar-refractivity contribution in [3.8, 4) is 0 Å². The molecule has 1 heteroatoms. The Balaban J connectivity index is 2.03. The molecule has 2 aromatic rings. The van der Waals surface area contributed by atoms with Gasteiger partial charge in [0.2, 0.25) is 0 Å². The van der Waals surface area contributed by atoms with E-state index in [-0.39, 0.29) is 5.92 Å². The summed E-state index contributed by atoms with van der Waals surface area (Å²) in [5.41, 5.74) is 4.64. The molecule has 0 bridgehead atoms. The molecule has 1 unspecified atom stereocenters. The van der Waals surface area contributed by atoms with Crippen LogP contribution in [-0.2, 0) is 0 Å². The van der Waals surface area contributed by atoms with Crippen LogP contribution in [0.2, 0.25) is 0 Å². The van der Waals surface area contributed by atoms with Gasteiger partial charge in [-0.1, -0.05) is 76.9 Å². The molecule has 0 amide bonds. The molecule has 138 valence electrons. The molecule has 1 nitrogen and oxygen atoms in total. The van der Waals surface area contributed by atoms with Crippen molar-refractivity contribution in [2.75, 3.05) is 0 Å². The molecule has 0 heterocycles. The normalized spacial score (nSPS) is 16.4. The quantitative estimate of drug-likeness (QED) is 0.509. The van der Waals surface area contributed by atoms with Crippen LogP contribution in [-0.4, -0.2) is 5.78 Å². The van der Waals surface area contributed by atoms with Crippen molar-refractivity contribution in [2.45, 2.75) is 71.1 Å². The third-order valence-corrected chi connectivity index (χ3v) is 5.91. The summed E-state index contributed by atoms with van der Waals surface area (Å²) >= 11 is 0. The molecular formula is C25H32O. The lowest BCUT2D eigenvalue weighted by molar-refractivity contribution is 0.0929. The molecule has 1 aliphatic rings. The molecule has 0 spiro atoms. The van der Waals surface area contributed by atoms with E-state index >= 15 is 0 Å². The van der Waals surface area contributed by atoms with E-state index in [1.54, 1.807) is 0 Å². The Bertz CT molecular complexity index is 710. The average Bonchev–Trinajstić information content (AvgIpc) is 3.16. The first-order valence-corrected chi connectivity index (χ1v) is 10.2. The summed E-state index contributed by atoms with van der Waals surface area (Å²) in [4.78, 5) is 13.7. The standard InChI is InChI=1S/C25H32O/c1-17(2)21-14-22(18(3)4)16-23(15-21)25(26)24(20-12-8-9-13-20)19-10-6-5-7-11-19/h5-7,10-11,14-18,20,24H,8-9,12-13H2,1-4H3. The van der Waals surface area contributed by atoms with E-state index in [9.17, 15) is 4.79 Å². The van der Waals surface area contributed by atoms with Gasteiger partial charge in [-0.2, -0.15) is 0 Å². The van der Waals surface area contributed by atoms with Crippen LogP contribution >= 0.6 is 0 Å². The van der Waals surface area contributed by atoms with Gasteiger partial charge in [0.1, 0.15) is 0 Å². The van der Waals surface area contributed by atoms with Gasteiger partial charge in [-0.15, -0.1) is 0 Å². The number of Topliss-reactive ketones (excluding diaryl/α,β-unsaturated/α-hetero) is 1. The number of rotatable bonds is 6. The Morgan fingerprint density at radius 3 is 1.85 bits per heavy atom. The van der Waals surface area contributed by atoms with Gasteiger partial charge in [0.15, 0.2) is 5.78 Å². The summed E-state index contributed by atoms with van der Waals surface area (Å²) in [5, 5.41) is 0. The van der Waals surface area contributed by atoms with E-state index in [1.807, 2.05) is 6.07 Å². The molecule has 0 N–H and O–H groups in total. The van der Waals surface area contributed by atoms with E-state index in [0.29, 0.717) is 23.5 Å². The van der Waals surface area contributed by atoms with Crippen LogP contribution in [0, 0.1) is 5.92 Å². The summed E-state index contributed by atoms with van der Waals surface area (Å²) in [7, 11) is 0. The summed E-state index contributed by atoms with van der Waals surface area (Å²) in [6, 6.07) is 17.0. The number of carbonyl (C=O) groups is 1. The van der Waals surface area contributed by atoms with Crippen molar-refractivity contribution in [1.82, 2.24) is 0 Å². The Kier molecular flexibility index (Phi) is 5.96. The molecule has 2 aromatic carbocycles. The second-order valence-electron chi connectivity index (χ2n) is 8.49. The molecule has 0 aliphatic heterocycles. The van der Waals surface area contributed by atoms with Crippen LogP contribution in [0.4, 0.5) is 0 Å². The van der Waals surface area contributed by atoms with Gasteiger partial charge in [-0.05, 0) is 59.4 Å². The Morgan fingerprint density at radius 1 is 0.808 bits per heavy atom. The van der Waals surface area contributed by atoms with Crippen LogP contribution in [0.3, 0.4) is 0 Å². The molecule has 26 heavy (non-hydrogen) atoms. The first-order chi connectivity index (χ1) is 12.5. The molecular weight excluding hydrogens is 316 g/mol. The lowest BCUT2D eigenvalue weighted by Gasteiger charge is -2.24. The highest BCUT2D eigenvalue weighted by Crippen LogP contribution is 2.40. The minimum absolute atomic E-state index is 0.00104. The number of carbonyl (C=O) groups excluding carboxylic acids is 1. The zero-order valence-corrected chi connectivity index (χ0v) is 16.7. The average molecular weight is 349 g/mol. The maximum absolute atomic E-state index is 13.7. The summed E-state index contributed by atoms with van der Waals surface area (Å²) in [5.74, 6) is 1.66. The fourth-order valence-corrected chi connectivity index (χ4v) is 4.25. The Hall–Kier alpha value is -1.89. The predicted octanol–water partition coefficient (Wildman–Crippen LogP) is 7.09. The van der Waals surface area contributed by atoms with Gasteiger partial charge in [0.05, 0.1) is 5.92 Å². The Morgan fingerprint density at radius 2 is 1.35 bits per heavy atom. The number of hydrogen-bond donors (Lipinski definition) is 0. The predicted molar refractivity (Wildman–Crippen MR) is 110 cm³/mol. The van der Waals surface area contributed by atoms with Gasteiger partial charge in [0.25, 0.3) is 0 Å². The molecule has 1 saturated carbocycles. The second kappa shape index (κ2) is 8.20. The summed E-state index contributed by atoms with van der Waals surface area (Å²) < 4.78 is 0. The van der Waals surface area contributed by atoms with Crippen LogP contribution in [0.5, 0.6) is 0 Å². The van der Waals surface area contributed by atoms with Crippen LogP contribution in [0.15, 0.2) is 48.5 Å². The number of hydrogen-bond acceptors (Lipinski definition) is 1. The SMILES string of the molecule is CC(C)c1cc(C(=O)C(c2ccccc2)C2CCCC2)cc(C(C)C)c1. The van der Waals surface area contributed by atoms with Crippen LogP contribution < -0.4 is 0 Å². The monoisotopic (exact) mass is 348 g/mol. The van der Waals surface area contributed by atoms with Crippen molar-refractivity contribution in [3.05, 3.63) is 70.8 Å². The molecule has 3 rings (SSSR count). The van der Waals surface area contributed by atoms with Gasteiger partial charge in [-0.3, -0.25) is 4.79 Å². The first-order valence-electron chi connectivity index (χ1n) is 10.2. The minimum atomic E-state index is 0.00104. The zero-order chi connectivity index (χ0) is 18.7. The molecule has 0 saturated heterocycles. The first kappa shape index (κ1) is 18.9. The molecule has 0 aromatic heterocycles. The fraction of sp³-hybridized carbons (Fsp3) is 0.480. The van der Waals surface area contributed by atoms with Gasteiger partial charge >= 0.3 is 0 Å². The maximum atomic E-state index is 13.7. The second-order valence-corrected chi connectivity index (χ2v) is 8.49. The van der Waals surface area contributed by atoms with Crippen LogP contribution in [0.25, 0.3) is 0 Å². The van der Waals surface area contributed by atoms with Crippen molar-refractivity contribution >= 4 is 5.78 Å². The van der Waals surface area contributed by atoms with Crippen molar-refractivity contribution in [2.24, 2.45) is 5.92 Å². The molecule has 0 radical (unpaired) electrons. The van der Waals surface area contributed by atoms with Crippen molar-refractivity contribution < 1.29 is 4.79 Å². The lowest BCUT2D eigenvalue weighted by Crippen LogP contribution is -2.21. The smallest absolute Gasteiger partial charge is 0.170 e. The topological polar surface area (TPSA) is 17.1 Å². The molecule has 1 atom stereocenters. The highest BCUT2D eigenvalue weighted by molar-refractivity contribution is 6.01. The highest BCUT2D eigenvalue weighted by Gasteiger charge is 2.32. The molecule has 1 fully saturated rings. The van der Waals surface area contributed by atoms with E-state index in [4.69, 9.17) is 0 Å². The third kappa shape index (κ3) is 4.09. The summed E-state index contributed by atoms with van der Waals surface area (Å²) in [6.45, 7) is 8.83. The van der Waals surface area contributed by atoms with Crippen molar-refractivity contribution in [1.29, 1.82) is 0 Å². The Labute approximate surface area is 158 Å². The van der Waals surface area contributed by atoms with E-state index in [1.165, 1.54) is 42.4 Å². The number of benzene rings is 2. The van der Waals surface area contributed by atoms with Gasteiger partial charge in [-0.25, -0.2) is 0 Å². The highest BCUT2D eigenvalue weighted by atomic mass is 16.1. The van der Waals surface area contributed by atoms with Crippen molar-refractivity contribution in [3.63, 3.8) is 0 Å². The minimum Gasteiger partial charge on any atom is -0.293 e. The zero-order valence-electron chi connectivity index (χ0n) is 16.7. The van der Waals surface area contributed by atoms with E-state index < -0.39 is 0 Å².